The van der Waals surface area contributed by atoms with E-state index in [0.29, 0.717) is 43.5 Å². The summed E-state index contributed by atoms with van der Waals surface area (Å²) in [6, 6.07) is 9.74. The van der Waals surface area contributed by atoms with Crippen LogP contribution >= 0.6 is 0 Å². The van der Waals surface area contributed by atoms with Crippen LogP contribution < -0.4 is 10.1 Å². The molecule has 1 atom stereocenters. The Bertz CT molecular complexity index is 1390. The van der Waals surface area contributed by atoms with E-state index in [1.807, 2.05) is 41.1 Å². The Hall–Kier alpha value is -3.21. The first-order valence-electron chi connectivity index (χ1n) is 13.2. The van der Waals surface area contributed by atoms with Crippen molar-refractivity contribution in [3.63, 3.8) is 0 Å². The van der Waals surface area contributed by atoms with Crippen molar-refractivity contribution in [3.05, 3.63) is 42.7 Å². The maximum atomic E-state index is 13.5. The van der Waals surface area contributed by atoms with Crippen molar-refractivity contribution in [2.45, 2.75) is 50.7 Å². The normalized spacial score (nSPS) is 22.1. The number of sulfone groups is 1. The Morgan fingerprint density at radius 2 is 1.97 bits per heavy atom. The van der Waals surface area contributed by atoms with E-state index in [9.17, 15) is 17.6 Å². The van der Waals surface area contributed by atoms with Gasteiger partial charge in [0.1, 0.15) is 27.6 Å². The Labute approximate surface area is 222 Å². The number of carbonyl (C=O) groups is 1. The maximum absolute atomic E-state index is 13.5. The van der Waals surface area contributed by atoms with Gasteiger partial charge in [-0.05, 0) is 62.8 Å². The predicted octanol–water partition coefficient (Wildman–Crippen LogP) is 3.78. The average Bonchev–Trinajstić information content (AvgIpc) is 3.53. The Morgan fingerprint density at radius 3 is 2.71 bits per heavy atom. The van der Waals surface area contributed by atoms with Gasteiger partial charge in [-0.25, -0.2) is 17.8 Å². The van der Waals surface area contributed by atoms with Gasteiger partial charge in [0, 0.05) is 42.5 Å². The number of rotatable bonds is 9. The van der Waals surface area contributed by atoms with Gasteiger partial charge in [-0.3, -0.25) is 4.79 Å². The van der Waals surface area contributed by atoms with Crippen LogP contribution in [0.5, 0.6) is 5.75 Å². The molecule has 1 saturated carbocycles. The zero-order valence-corrected chi connectivity index (χ0v) is 22.4. The summed E-state index contributed by atoms with van der Waals surface area (Å²) >= 11 is 0. The standard InChI is InChI=1S/C27H34FN5O4S/c1-38(35,36)17-3-16-37-24-5-2-4-23-22(24)12-15-33(23)25-10-13-29-27(31-25)30-21-8-6-19(7-9-21)26(34)32-14-11-20(28)18-32/h2,4-5,10,12-13,15,19-21H,3,6-9,11,14,16-18H2,1H3,(H,29,30,31)/t19?,20-,21?/m1/s1. The summed E-state index contributed by atoms with van der Waals surface area (Å²) < 4.78 is 44.1. The topological polar surface area (TPSA) is 106 Å². The summed E-state index contributed by atoms with van der Waals surface area (Å²) in [6.07, 6.45) is 8.10. The molecule has 2 fully saturated rings. The number of aromatic nitrogens is 3. The minimum absolute atomic E-state index is 0.0281. The fourth-order valence-electron chi connectivity index (χ4n) is 5.36. The molecule has 9 nitrogen and oxygen atoms in total. The number of anilines is 1. The molecule has 38 heavy (non-hydrogen) atoms. The molecule has 0 radical (unpaired) electrons. The molecule has 0 spiro atoms. The average molecular weight is 544 g/mol. The molecule has 1 saturated heterocycles. The number of hydrogen-bond acceptors (Lipinski definition) is 7. The fourth-order valence-corrected chi connectivity index (χ4v) is 6.01. The van der Waals surface area contributed by atoms with Crippen molar-refractivity contribution in [3.8, 4) is 11.6 Å². The smallest absolute Gasteiger partial charge is 0.225 e. The van der Waals surface area contributed by atoms with Crippen molar-refractivity contribution in [1.82, 2.24) is 19.4 Å². The monoisotopic (exact) mass is 543 g/mol. The van der Waals surface area contributed by atoms with Gasteiger partial charge in [0.15, 0.2) is 0 Å². The molecule has 3 heterocycles. The Kier molecular flexibility index (Phi) is 7.83. The lowest BCUT2D eigenvalue weighted by Crippen LogP contribution is -2.38. The third-order valence-electron chi connectivity index (χ3n) is 7.35. The van der Waals surface area contributed by atoms with E-state index >= 15 is 0 Å². The third-order valence-corrected chi connectivity index (χ3v) is 8.38. The lowest BCUT2D eigenvalue weighted by molar-refractivity contribution is -0.135. The molecule has 1 aromatic carbocycles. The quantitative estimate of drug-likeness (QED) is 0.410. The number of nitrogens with zero attached hydrogens (tertiary/aromatic N) is 4. The van der Waals surface area contributed by atoms with Crippen molar-refractivity contribution in [1.29, 1.82) is 0 Å². The van der Waals surface area contributed by atoms with Gasteiger partial charge < -0.3 is 19.5 Å². The zero-order valence-electron chi connectivity index (χ0n) is 21.6. The number of benzene rings is 1. The first-order valence-corrected chi connectivity index (χ1v) is 15.3. The molecule has 2 aromatic heterocycles. The number of carbonyl (C=O) groups excluding carboxylic acids is 1. The van der Waals surface area contributed by atoms with E-state index < -0.39 is 16.0 Å². The first-order chi connectivity index (χ1) is 18.3. The van der Waals surface area contributed by atoms with Gasteiger partial charge in [-0.2, -0.15) is 4.98 Å². The molecule has 11 heteroatoms. The van der Waals surface area contributed by atoms with Crippen LogP contribution in [-0.2, 0) is 14.6 Å². The van der Waals surface area contributed by atoms with Crippen LogP contribution in [0, 0.1) is 5.92 Å². The van der Waals surface area contributed by atoms with E-state index in [4.69, 9.17) is 9.72 Å². The lowest BCUT2D eigenvalue weighted by atomic mass is 9.85. The second-order valence-electron chi connectivity index (χ2n) is 10.3. The summed E-state index contributed by atoms with van der Waals surface area (Å²) in [6.45, 7) is 1.09. The molecule has 2 aliphatic rings. The van der Waals surface area contributed by atoms with Crippen LogP contribution in [0.25, 0.3) is 16.7 Å². The minimum Gasteiger partial charge on any atom is -0.493 e. The number of hydrogen-bond donors (Lipinski definition) is 1. The number of amides is 1. The number of likely N-dealkylation sites (tertiary alicyclic amines) is 1. The molecule has 0 unspecified atom stereocenters. The third kappa shape index (κ3) is 6.25. The molecule has 3 aromatic rings. The van der Waals surface area contributed by atoms with Gasteiger partial charge in [0.05, 0.1) is 24.4 Å². The lowest BCUT2D eigenvalue weighted by Gasteiger charge is -2.30. The zero-order chi connectivity index (χ0) is 26.7. The first kappa shape index (κ1) is 26.4. The molecular formula is C27H34FN5O4S. The molecule has 0 bridgehead atoms. The number of nitrogens with one attached hydrogen (secondary N) is 1. The highest BCUT2D eigenvalue weighted by Gasteiger charge is 2.33. The summed E-state index contributed by atoms with van der Waals surface area (Å²) in [5.74, 6) is 2.11. The van der Waals surface area contributed by atoms with E-state index in [1.165, 1.54) is 6.26 Å². The number of halogens is 1. The summed E-state index contributed by atoms with van der Waals surface area (Å²) in [4.78, 5) is 23.5. The van der Waals surface area contributed by atoms with Gasteiger partial charge in [0.25, 0.3) is 0 Å². The molecule has 204 valence electrons. The SMILES string of the molecule is CS(=O)(=O)CCCOc1cccc2c1ccn2-c1ccnc(NC2CCC(C(=O)N3CC[C@@H](F)C3)CC2)n1. The summed E-state index contributed by atoms with van der Waals surface area (Å²) in [7, 11) is -3.01. The maximum Gasteiger partial charge on any atom is 0.225 e. The van der Waals surface area contributed by atoms with Crippen molar-refractivity contribution < 1.29 is 22.3 Å². The largest absolute Gasteiger partial charge is 0.493 e. The van der Waals surface area contributed by atoms with Gasteiger partial charge in [0.2, 0.25) is 11.9 Å². The van der Waals surface area contributed by atoms with Gasteiger partial charge in [-0.1, -0.05) is 6.07 Å². The van der Waals surface area contributed by atoms with Crippen LogP contribution in [-0.4, -0.2) is 77.7 Å². The van der Waals surface area contributed by atoms with Crippen LogP contribution in [0.1, 0.15) is 38.5 Å². The van der Waals surface area contributed by atoms with Crippen LogP contribution in [0.3, 0.4) is 0 Å². The second kappa shape index (κ2) is 11.3. The highest BCUT2D eigenvalue weighted by molar-refractivity contribution is 7.90. The molecular weight excluding hydrogens is 509 g/mol. The Balaban J connectivity index is 1.21. The summed E-state index contributed by atoms with van der Waals surface area (Å²) in [5.41, 5.74) is 0.923. The van der Waals surface area contributed by atoms with E-state index in [1.54, 1.807) is 11.1 Å². The highest BCUT2D eigenvalue weighted by atomic mass is 32.2. The fraction of sp³-hybridized carbons (Fsp3) is 0.519. The van der Waals surface area contributed by atoms with Gasteiger partial charge in [-0.15, -0.1) is 0 Å². The summed E-state index contributed by atoms with van der Waals surface area (Å²) in [5, 5.41) is 4.35. The molecule has 1 N–H and O–H groups in total. The van der Waals surface area contributed by atoms with E-state index in [-0.39, 0.29) is 30.2 Å². The molecule has 1 aliphatic heterocycles. The molecule has 1 amide bonds. The van der Waals surface area contributed by atoms with E-state index in [2.05, 4.69) is 10.3 Å². The minimum atomic E-state index is -3.01. The van der Waals surface area contributed by atoms with Crippen molar-refractivity contribution in [2.75, 3.05) is 37.0 Å². The molecule has 1 aliphatic carbocycles. The van der Waals surface area contributed by atoms with Crippen LogP contribution in [0.4, 0.5) is 10.3 Å². The highest BCUT2D eigenvalue weighted by Crippen LogP contribution is 2.30. The van der Waals surface area contributed by atoms with Crippen LogP contribution in [0.15, 0.2) is 42.7 Å². The number of fused-ring (bicyclic) bond motifs is 1. The Morgan fingerprint density at radius 1 is 1.16 bits per heavy atom. The van der Waals surface area contributed by atoms with Crippen molar-refractivity contribution >= 4 is 32.6 Å². The predicted molar refractivity (Wildman–Crippen MR) is 144 cm³/mol. The second-order valence-corrected chi connectivity index (χ2v) is 12.6. The number of ether oxygens (including phenoxy) is 1. The molecule has 5 rings (SSSR count). The number of alkyl halides is 1. The van der Waals surface area contributed by atoms with Crippen LogP contribution in [0.2, 0.25) is 0 Å². The van der Waals surface area contributed by atoms with Gasteiger partial charge >= 0.3 is 0 Å². The van der Waals surface area contributed by atoms with Crippen molar-refractivity contribution in [2.24, 2.45) is 5.92 Å². The van der Waals surface area contributed by atoms with E-state index in [0.717, 1.165) is 36.6 Å².